The van der Waals surface area contributed by atoms with E-state index < -0.39 is 0 Å². The maximum absolute atomic E-state index is 6.37. The topological polar surface area (TPSA) is 0 Å². The van der Waals surface area contributed by atoms with Crippen LogP contribution in [-0.4, -0.2) is 0 Å². The SMILES string of the molecule is ClC(CCCCc1ccsc1)c1ccccc1. The molecule has 1 aromatic heterocycles. The molecular weight excluding hydrogens is 248 g/mol. The van der Waals surface area contributed by atoms with Gasteiger partial charge in [0.15, 0.2) is 0 Å². The van der Waals surface area contributed by atoms with E-state index in [1.165, 1.54) is 30.4 Å². The maximum Gasteiger partial charge on any atom is 0.0585 e. The van der Waals surface area contributed by atoms with E-state index in [0.717, 1.165) is 6.42 Å². The van der Waals surface area contributed by atoms with Crippen LogP contribution in [0.2, 0.25) is 0 Å². The van der Waals surface area contributed by atoms with Crippen LogP contribution in [-0.2, 0) is 6.42 Å². The van der Waals surface area contributed by atoms with Gasteiger partial charge in [0.25, 0.3) is 0 Å². The minimum Gasteiger partial charge on any atom is -0.152 e. The third kappa shape index (κ3) is 4.18. The molecule has 2 heteroatoms. The van der Waals surface area contributed by atoms with Gasteiger partial charge < -0.3 is 0 Å². The maximum atomic E-state index is 6.37. The summed E-state index contributed by atoms with van der Waals surface area (Å²) in [6.45, 7) is 0. The van der Waals surface area contributed by atoms with Crippen molar-refractivity contribution in [2.75, 3.05) is 0 Å². The van der Waals surface area contributed by atoms with Crippen LogP contribution in [0.5, 0.6) is 0 Å². The lowest BCUT2D eigenvalue weighted by atomic mass is 10.0. The highest BCUT2D eigenvalue weighted by atomic mass is 35.5. The molecule has 1 heterocycles. The zero-order chi connectivity index (χ0) is 11.9. The average molecular weight is 265 g/mol. The van der Waals surface area contributed by atoms with Crippen molar-refractivity contribution in [3.05, 3.63) is 58.3 Å². The number of unbranched alkanes of at least 4 members (excludes halogenated alkanes) is 1. The van der Waals surface area contributed by atoms with Crippen molar-refractivity contribution < 1.29 is 0 Å². The molecular formula is C15H17ClS. The van der Waals surface area contributed by atoms with Gasteiger partial charge in [-0.2, -0.15) is 11.3 Å². The molecule has 17 heavy (non-hydrogen) atoms. The molecule has 1 unspecified atom stereocenters. The largest absolute Gasteiger partial charge is 0.152 e. The first-order chi connectivity index (χ1) is 8.36. The molecule has 0 aliphatic carbocycles. The zero-order valence-corrected chi connectivity index (χ0v) is 11.4. The van der Waals surface area contributed by atoms with Crippen molar-refractivity contribution in [3.63, 3.8) is 0 Å². The van der Waals surface area contributed by atoms with E-state index in [0.29, 0.717) is 0 Å². The Morgan fingerprint density at radius 1 is 1.06 bits per heavy atom. The molecule has 0 aliphatic rings. The highest BCUT2D eigenvalue weighted by Crippen LogP contribution is 2.26. The Kier molecular flexibility index (Phi) is 5.08. The molecule has 0 saturated heterocycles. The fraction of sp³-hybridized carbons (Fsp3) is 0.333. The van der Waals surface area contributed by atoms with Crippen LogP contribution in [0.1, 0.15) is 35.8 Å². The van der Waals surface area contributed by atoms with Gasteiger partial charge >= 0.3 is 0 Å². The van der Waals surface area contributed by atoms with Gasteiger partial charge in [-0.1, -0.05) is 36.8 Å². The Labute approximate surface area is 112 Å². The molecule has 0 saturated carbocycles. The fourth-order valence-corrected chi connectivity index (χ4v) is 2.92. The molecule has 90 valence electrons. The van der Waals surface area contributed by atoms with Gasteiger partial charge in [-0.3, -0.25) is 0 Å². The molecule has 0 amide bonds. The van der Waals surface area contributed by atoms with Gasteiger partial charge in [0.2, 0.25) is 0 Å². The quantitative estimate of drug-likeness (QED) is 0.481. The minimum absolute atomic E-state index is 0.165. The van der Waals surface area contributed by atoms with Crippen LogP contribution < -0.4 is 0 Å². The number of aryl methyl sites for hydroxylation is 1. The Balaban J connectivity index is 1.68. The summed E-state index contributed by atoms with van der Waals surface area (Å²) in [5, 5.41) is 4.54. The summed E-state index contributed by atoms with van der Waals surface area (Å²) in [6, 6.07) is 12.6. The molecule has 0 aliphatic heterocycles. The molecule has 2 rings (SSSR count). The molecule has 1 aromatic carbocycles. The molecule has 0 nitrogen and oxygen atoms in total. The van der Waals surface area contributed by atoms with Crippen molar-refractivity contribution in [3.8, 4) is 0 Å². The van der Waals surface area contributed by atoms with E-state index in [2.05, 4.69) is 41.1 Å². The molecule has 0 spiro atoms. The number of halogens is 1. The third-order valence-corrected chi connectivity index (χ3v) is 4.12. The van der Waals surface area contributed by atoms with E-state index in [1.54, 1.807) is 11.3 Å². The monoisotopic (exact) mass is 264 g/mol. The second kappa shape index (κ2) is 6.83. The first kappa shape index (κ1) is 12.7. The minimum atomic E-state index is 0.165. The number of hydrogen-bond acceptors (Lipinski definition) is 1. The number of alkyl halides is 1. The molecule has 2 aromatic rings. The fourth-order valence-electron chi connectivity index (χ4n) is 1.92. The summed E-state index contributed by atoms with van der Waals surface area (Å²) in [5.74, 6) is 0. The highest BCUT2D eigenvalue weighted by molar-refractivity contribution is 7.07. The van der Waals surface area contributed by atoms with Crippen LogP contribution >= 0.6 is 22.9 Å². The Hall–Kier alpha value is -0.790. The molecule has 0 fully saturated rings. The second-order valence-corrected chi connectivity index (χ2v) is 5.56. The second-order valence-electron chi connectivity index (χ2n) is 4.26. The molecule has 0 bridgehead atoms. The van der Waals surface area contributed by atoms with Gasteiger partial charge in [0, 0.05) is 0 Å². The number of rotatable bonds is 6. The smallest absolute Gasteiger partial charge is 0.0585 e. The van der Waals surface area contributed by atoms with Crippen LogP contribution in [0.15, 0.2) is 47.2 Å². The molecule has 1 atom stereocenters. The van der Waals surface area contributed by atoms with Gasteiger partial charge in [-0.25, -0.2) is 0 Å². The van der Waals surface area contributed by atoms with Crippen molar-refractivity contribution in [1.82, 2.24) is 0 Å². The van der Waals surface area contributed by atoms with Crippen molar-refractivity contribution in [2.24, 2.45) is 0 Å². The normalized spacial score (nSPS) is 12.5. The Bertz CT molecular complexity index is 408. The van der Waals surface area contributed by atoms with Crippen molar-refractivity contribution in [2.45, 2.75) is 31.1 Å². The number of benzene rings is 1. The van der Waals surface area contributed by atoms with Crippen LogP contribution in [0.25, 0.3) is 0 Å². The number of hydrogen-bond donors (Lipinski definition) is 0. The Morgan fingerprint density at radius 3 is 2.59 bits per heavy atom. The number of thiophene rings is 1. The van der Waals surface area contributed by atoms with E-state index in [4.69, 9.17) is 11.6 Å². The lowest BCUT2D eigenvalue weighted by Gasteiger charge is -2.09. The van der Waals surface area contributed by atoms with Crippen LogP contribution in [0.3, 0.4) is 0 Å². The van der Waals surface area contributed by atoms with Crippen molar-refractivity contribution in [1.29, 1.82) is 0 Å². The summed E-state index contributed by atoms with van der Waals surface area (Å²) >= 11 is 8.14. The summed E-state index contributed by atoms with van der Waals surface area (Å²) in [4.78, 5) is 0. The third-order valence-electron chi connectivity index (χ3n) is 2.91. The first-order valence-electron chi connectivity index (χ1n) is 6.06. The zero-order valence-electron chi connectivity index (χ0n) is 9.81. The van der Waals surface area contributed by atoms with E-state index >= 15 is 0 Å². The van der Waals surface area contributed by atoms with E-state index in [1.807, 2.05) is 6.07 Å². The van der Waals surface area contributed by atoms with Crippen LogP contribution in [0, 0.1) is 0 Å². The van der Waals surface area contributed by atoms with E-state index in [-0.39, 0.29) is 5.38 Å². The van der Waals surface area contributed by atoms with E-state index in [9.17, 15) is 0 Å². The Morgan fingerprint density at radius 2 is 1.88 bits per heavy atom. The lowest BCUT2D eigenvalue weighted by Crippen LogP contribution is -1.91. The van der Waals surface area contributed by atoms with Gasteiger partial charge in [-0.15, -0.1) is 11.6 Å². The summed E-state index contributed by atoms with van der Waals surface area (Å²) in [5.41, 5.74) is 2.70. The van der Waals surface area contributed by atoms with Gasteiger partial charge in [0.1, 0.15) is 0 Å². The summed E-state index contributed by atoms with van der Waals surface area (Å²) in [7, 11) is 0. The van der Waals surface area contributed by atoms with Crippen molar-refractivity contribution >= 4 is 22.9 Å². The van der Waals surface area contributed by atoms with Gasteiger partial charge in [0.05, 0.1) is 5.38 Å². The van der Waals surface area contributed by atoms with Gasteiger partial charge in [-0.05, 0) is 47.2 Å². The standard InChI is InChI=1S/C15H17ClS/c16-15(14-7-2-1-3-8-14)9-5-4-6-13-10-11-17-12-13/h1-3,7-8,10-12,15H,4-6,9H2. The highest BCUT2D eigenvalue weighted by Gasteiger charge is 2.06. The first-order valence-corrected chi connectivity index (χ1v) is 7.44. The average Bonchev–Trinajstić information content (AvgIpc) is 2.88. The predicted octanol–water partition coefficient (Wildman–Crippen LogP) is 5.44. The summed E-state index contributed by atoms with van der Waals surface area (Å²) < 4.78 is 0. The van der Waals surface area contributed by atoms with Crippen LogP contribution in [0.4, 0.5) is 0 Å². The predicted molar refractivity (Wildman–Crippen MR) is 76.9 cm³/mol. The molecule has 0 radical (unpaired) electrons. The summed E-state index contributed by atoms with van der Waals surface area (Å²) in [6.07, 6.45) is 4.67. The lowest BCUT2D eigenvalue weighted by molar-refractivity contribution is 0.666. The molecule has 0 N–H and O–H groups in total.